The van der Waals surface area contributed by atoms with Crippen LogP contribution in [-0.2, 0) is 9.59 Å². The average Bonchev–Trinajstić information content (AvgIpc) is 2.63. The van der Waals surface area contributed by atoms with E-state index in [2.05, 4.69) is 5.32 Å². The first kappa shape index (κ1) is 13.1. The maximum Gasteiger partial charge on any atom is 0.249 e. The Bertz CT molecular complexity index is 672. The molecule has 2 amide bonds. The molecule has 3 rings (SSSR count). The summed E-state index contributed by atoms with van der Waals surface area (Å²) in [5, 5.41) is 2.32. The van der Waals surface area contributed by atoms with Crippen molar-refractivity contribution in [2.24, 2.45) is 0 Å². The lowest BCUT2D eigenvalue weighted by atomic mass is 10.0. The summed E-state index contributed by atoms with van der Waals surface area (Å²) in [6.07, 6.45) is 0.699. The summed E-state index contributed by atoms with van der Waals surface area (Å²) in [6, 6.07) is 4.80. The van der Waals surface area contributed by atoms with Gasteiger partial charge in [-0.1, -0.05) is 24.4 Å². The monoisotopic (exact) mass is 305 g/mol. The van der Waals surface area contributed by atoms with E-state index in [9.17, 15) is 9.59 Å². The molecule has 1 aromatic carbocycles. The zero-order chi connectivity index (χ0) is 14.4. The largest absolute Gasteiger partial charge is 0.399 e. The van der Waals surface area contributed by atoms with Crippen LogP contribution in [0.4, 0.5) is 5.69 Å². The highest BCUT2D eigenvalue weighted by atomic mass is 32.1. The molecule has 1 atom stereocenters. The van der Waals surface area contributed by atoms with Crippen molar-refractivity contribution in [3.05, 3.63) is 29.3 Å². The Morgan fingerprint density at radius 3 is 2.60 bits per heavy atom. The zero-order valence-electron chi connectivity index (χ0n) is 10.4. The van der Waals surface area contributed by atoms with Crippen LogP contribution >= 0.6 is 24.4 Å². The Hall–Kier alpha value is -1.86. The first-order chi connectivity index (χ1) is 9.49. The number of carbonyl (C=O) groups is 2. The highest BCUT2D eigenvalue weighted by Gasteiger charge is 2.40. The number of nitrogens with one attached hydrogen (secondary N) is 1. The van der Waals surface area contributed by atoms with Crippen molar-refractivity contribution in [2.75, 3.05) is 5.73 Å². The van der Waals surface area contributed by atoms with E-state index in [-0.39, 0.29) is 18.2 Å². The van der Waals surface area contributed by atoms with Gasteiger partial charge in [-0.05, 0) is 24.6 Å². The summed E-state index contributed by atoms with van der Waals surface area (Å²) in [5.74, 6) is -0.615. The molecule has 0 bridgehead atoms. The lowest BCUT2D eigenvalue weighted by molar-refractivity contribution is -0.135. The van der Waals surface area contributed by atoms with Crippen LogP contribution in [0, 0.1) is 0 Å². The Labute approximate surface area is 126 Å². The second-order valence-electron chi connectivity index (χ2n) is 4.75. The fraction of sp³-hybridized carbons (Fsp3) is 0.231. The Morgan fingerprint density at radius 2 is 1.90 bits per heavy atom. The van der Waals surface area contributed by atoms with Crippen molar-refractivity contribution >= 4 is 51.9 Å². The molecule has 2 aliphatic heterocycles. The van der Waals surface area contributed by atoms with Gasteiger partial charge < -0.3 is 10.6 Å². The molecular formula is C13H11N3O2S2. The molecule has 2 aliphatic rings. The van der Waals surface area contributed by atoms with Crippen LogP contribution < -0.4 is 11.1 Å². The molecule has 1 aromatic rings. The first-order valence-corrected chi connectivity index (χ1v) is 6.92. The standard InChI is InChI=1S/C13H11N3O2S2/c14-6-1-2-7-8(5-6)13(20)16(12(7)19)9-3-4-10(17)15-11(9)18/h1-2,5,9H,3-4,14H2,(H,15,17,18)/t9-/m1/s1. The number of rotatable bonds is 1. The number of anilines is 1. The average molecular weight is 305 g/mol. The minimum Gasteiger partial charge on any atom is -0.399 e. The van der Waals surface area contributed by atoms with Crippen molar-refractivity contribution in [1.82, 2.24) is 10.2 Å². The van der Waals surface area contributed by atoms with E-state index in [1.807, 2.05) is 6.07 Å². The normalized spacial score (nSPS) is 22.0. The van der Waals surface area contributed by atoms with E-state index in [0.717, 1.165) is 11.1 Å². The van der Waals surface area contributed by atoms with E-state index >= 15 is 0 Å². The number of nitrogens with two attached hydrogens (primary N) is 1. The summed E-state index contributed by atoms with van der Waals surface area (Å²) in [7, 11) is 0. The smallest absolute Gasteiger partial charge is 0.249 e. The number of nitrogen functional groups attached to an aromatic ring is 1. The van der Waals surface area contributed by atoms with Crippen LogP contribution in [0.25, 0.3) is 0 Å². The van der Waals surface area contributed by atoms with Crippen LogP contribution in [0.2, 0.25) is 0 Å². The van der Waals surface area contributed by atoms with Crippen molar-refractivity contribution in [1.29, 1.82) is 0 Å². The maximum absolute atomic E-state index is 12.0. The minimum atomic E-state index is -0.527. The number of nitrogens with zero attached hydrogens (tertiary/aromatic N) is 1. The highest BCUT2D eigenvalue weighted by molar-refractivity contribution is 7.82. The van der Waals surface area contributed by atoms with Gasteiger partial charge in [0, 0.05) is 23.2 Å². The summed E-state index contributed by atoms with van der Waals surface area (Å²) >= 11 is 10.8. The molecule has 5 nitrogen and oxygen atoms in total. The molecule has 0 unspecified atom stereocenters. The highest BCUT2D eigenvalue weighted by Crippen LogP contribution is 2.30. The van der Waals surface area contributed by atoms with Gasteiger partial charge in [-0.2, -0.15) is 0 Å². The third kappa shape index (κ3) is 1.90. The summed E-state index contributed by atoms with van der Waals surface area (Å²) in [5.41, 5.74) is 7.94. The van der Waals surface area contributed by atoms with Gasteiger partial charge in [0.1, 0.15) is 16.0 Å². The van der Waals surface area contributed by atoms with Gasteiger partial charge in [-0.25, -0.2) is 0 Å². The van der Waals surface area contributed by atoms with Crippen molar-refractivity contribution < 1.29 is 9.59 Å². The van der Waals surface area contributed by atoms with Gasteiger partial charge in [-0.15, -0.1) is 0 Å². The molecule has 1 fully saturated rings. The lowest BCUT2D eigenvalue weighted by Gasteiger charge is -2.30. The Kier molecular flexibility index (Phi) is 3.02. The molecule has 20 heavy (non-hydrogen) atoms. The zero-order valence-corrected chi connectivity index (χ0v) is 12.0. The Balaban J connectivity index is 1.97. The molecule has 0 aromatic heterocycles. The second-order valence-corrected chi connectivity index (χ2v) is 5.53. The maximum atomic E-state index is 12.0. The van der Waals surface area contributed by atoms with Crippen LogP contribution in [0.1, 0.15) is 24.0 Å². The predicted molar refractivity (Wildman–Crippen MR) is 82.3 cm³/mol. The van der Waals surface area contributed by atoms with E-state index in [0.29, 0.717) is 22.1 Å². The van der Waals surface area contributed by atoms with Gasteiger partial charge in [-0.3, -0.25) is 14.9 Å². The predicted octanol–water partition coefficient (Wildman–Crippen LogP) is 0.741. The van der Waals surface area contributed by atoms with Gasteiger partial charge in [0.05, 0.1) is 0 Å². The van der Waals surface area contributed by atoms with Crippen molar-refractivity contribution in [3.8, 4) is 0 Å². The number of imide groups is 1. The van der Waals surface area contributed by atoms with Crippen LogP contribution in [0.5, 0.6) is 0 Å². The molecule has 2 heterocycles. The molecule has 3 N–H and O–H groups in total. The quantitative estimate of drug-likeness (QED) is 0.453. The van der Waals surface area contributed by atoms with Crippen LogP contribution in [0.15, 0.2) is 18.2 Å². The summed E-state index contributed by atoms with van der Waals surface area (Å²) in [4.78, 5) is 25.9. The summed E-state index contributed by atoms with van der Waals surface area (Å²) < 4.78 is 0. The number of fused-ring (bicyclic) bond motifs is 1. The lowest BCUT2D eigenvalue weighted by Crippen LogP contribution is -2.53. The molecule has 7 heteroatoms. The van der Waals surface area contributed by atoms with Gasteiger partial charge in [0.15, 0.2) is 0 Å². The molecule has 0 radical (unpaired) electrons. The number of piperidine rings is 1. The van der Waals surface area contributed by atoms with E-state index in [1.54, 1.807) is 17.0 Å². The van der Waals surface area contributed by atoms with Crippen LogP contribution in [-0.4, -0.2) is 32.7 Å². The third-order valence-electron chi connectivity index (χ3n) is 3.46. The Morgan fingerprint density at radius 1 is 1.20 bits per heavy atom. The third-order valence-corrected chi connectivity index (χ3v) is 4.30. The number of amides is 2. The van der Waals surface area contributed by atoms with Gasteiger partial charge in [0.2, 0.25) is 11.8 Å². The number of carbonyl (C=O) groups excluding carboxylic acids is 2. The molecule has 0 spiro atoms. The number of benzene rings is 1. The fourth-order valence-electron chi connectivity index (χ4n) is 2.49. The topological polar surface area (TPSA) is 75.4 Å². The fourth-order valence-corrected chi connectivity index (χ4v) is 3.33. The van der Waals surface area contributed by atoms with Gasteiger partial charge in [0.25, 0.3) is 0 Å². The van der Waals surface area contributed by atoms with Crippen molar-refractivity contribution in [3.63, 3.8) is 0 Å². The molecule has 1 saturated heterocycles. The second kappa shape index (κ2) is 4.60. The van der Waals surface area contributed by atoms with Crippen molar-refractivity contribution in [2.45, 2.75) is 18.9 Å². The number of hydrogen-bond donors (Lipinski definition) is 2. The molecule has 0 saturated carbocycles. The van der Waals surface area contributed by atoms with E-state index in [4.69, 9.17) is 30.2 Å². The van der Waals surface area contributed by atoms with E-state index < -0.39 is 6.04 Å². The summed E-state index contributed by atoms with van der Waals surface area (Å²) in [6.45, 7) is 0. The first-order valence-electron chi connectivity index (χ1n) is 6.10. The minimum absolute atomic E-state index is 0.260. The molecular weight excluding hydrogens is 294 g/mol. The molecule has 0 aliphatic carbocycles. The number of thiocarbonyl (C=S) groups is 2. The van der Waals surface area contributed by atoms with E-state index in [1.165, 1.54) is 0 Å². The van der Waals surface area contributed by atoms with Gasteiger partial charge >= 0.3 is 0 Å². The van der Waals surface area contributed by atoms with Crippen LogP contribution in [0.3, 0.4) is 0 Å². The number of hydrogen-bond acceptors (Lipinski definition) is 5. The molecule has 102 valence electrons. The SMILES string of the molecule is Nc1ccc2c(c1)C(=S)N([C@@H]1CCC(=O)NC1=O)C2=S.